The van der Waals surface area contributed by atoms with Crippen molar-refractivity contribution in [1.82, 2.24) is 0 Å². The number of rotatable bonds is 1. The number of carbonyl (C=O) groups excluding carboxylic acids is 1. The van der Waals surface area contributed by atoms with Crippen molar-refractivity contribution >= 4 is 34.2 Å². The molecule has 0 saturated heterocycles. The predicted molar refractivity (Wildman–Crippen MR) is 81.7 cm³/mol. The van der Waals surface area contributed by atoms with E-state index in [1.54, 1.807) is 6.92 Å². The smallest absolute Gasteiger partial charge is 0.221 e. The minimum Gasteiger partial charge on any atom is -0.325 e. The Kier molecular flexibility index (Phi) is 2.86. The second-order valence-corrected chi connectivity index (χ2v) is 5.63. The van der Waals surface area contributed by atoms with Crippen molar-refractivity contribution in [1.29, 1.82) is 0 Å². The van der Waals surface area contributed by atoms with Gasteiger partial charge in [-0.15, -0.1) is 0 Å². The van der Waals surface area contributed by atoms with Crippen LogP contribution >= 0.6 is 22.6 Å². The molecule has 2 nitrogen and oxygen atoms in total. The molecule has 3 rings (SSSR count). The van der Waals surface area contributed by atoms with E-state index in [0.717, 1.165) is 15.7 Å². The number of hydrogen-bond donors (Lipinski definition) is 1. The van der Waals surface area contributed by atoms with E-state index < -0.39 is 0 Å². The number of nitrogens with one attached hydrogen (secondary N) is 1. The minimum atomic E-state index is -0.0164. The van der Waals surface area contributed by atoms with Gasteiger partial charge in [0.25, 0.3) is 0 Å². The zero-order valence-electron chi connectivity index (χ0n) is 9.96. The lowest BCUT2D eigenvalue weighted by molar-refractivity contribution is -0.114. The van der Waals surface area contributed by atoms with E-state index in [4.69, 9.17) is 0 Å². The molecule has 0 bridgehead atoms. The average Bonchev–Trinajstić information content (AvgIpc) is 2.71. The van der Waals surface area contributed by atoms with Crippen LogP contribution in [0.15, 0.2) is 36.4 Å². The van der Waals surface area contributed by atoms with Gasteiger partial charge in [-0.05, 0) is 50.9 Å². The SMILES string of the molecule is CC(=O)Nc1c(I)ccc2c1Cc1ccccc1-2. The number of benzene rings is 2. The second-order valence-electron chi connectivity index (χ2n) is 4.46. The van der Waals surface area contributed by atoms with Crippen LogP contribution in [0.25, 0.3) is 11.1 Å². The summed E-state index contributed by atoms with van der Waals surface area (Å²) < 4.78 is 1.09. The quantitative estimate of drug-likeness (QED) is 0.665. The van der Waals surface area contributed by atoms with Crippen LogP contribution in [0.5, 0.6) is 0 Å². The van der Waals surface area contributed by atoms with Gasteiger partial charge in [-0.2, -0.15) is 0 Å². The summed E-state index contributed by atoms with van der Waals surface area (Å²) in [5.74, 6) is -0.0164. The lowest BCUT2D eigenvalue weighted by Crippen LogP contribution is -2.09. The van der Waals surface area contributed by atoms with Gasteiger partial charge in [0.2, 0.25) is 5.91 Å². The number of anilines is 1. The van der Waals surface area contributed by atoms with Crippen molar-refractivity contribution in [2.24, 2.45) is 0 Å². The van der Waals surface area contributed by atoms with E-state index in [0.29, 0.717) is 0 Å². The summed E-state index contributed by atoms with van der Waals surface area (Å²) in [4.78, 5) is 11.3. The Morgan fingerprint density at radius 2 is 1.94 bits per heavy atom. The van der Waals surface area contributed by atoms with Crippen LogP contribution in [0, 0.1) is 3.57 Å². The number of amides is 1. The third kappa shape index (κ3) is 1.82. The molecule has 0 heterocycles. The van der Waals surface area contributed by atoms with Gasteiger partial charge in [0.05, 0.1) is 5.69 Å². The number of fused-ring (bicyclic) bond motifs is 3. The Bertz CT molecular complexity index is 649. The second kappa shape index (κ2) is 4.39. The van der Waals surface area contributed by atoms with Crippen LogP contribution in [-0.4, -0.2) is 5.91 Å². The summed E-state index contributed by atoms with van der Waals surface area (Å²) in [5, 5.41) is 2.96. The topological polar surface area (TPSA) is 29.1 Å². The molecule has 1 aliphatic carbocycles. The van der Waals surface area contributed by atoms with E-state index >= 15 is 0 Å². The highest BCUT2D eigenvalue weighted by Gasteiger charge is 2.22. The van der Waals surface area contributed by atoms with E-state index in [9.17, 15) is 4.79 Å². The molecule has 1 N–H and O–H groups in total. The van der Waals surface area contributed by atoms with Crippen molar-refractivity contribution in [3.05, 3.63) is 51.1 Å². The van der Waals surface area contributed by atoms with Gasteiger partial charge in [-0.1, -0.05) is 30.3 Å². The van der Waals surface area contributed by atoms with Gasteiger partial charge in [-0.3, -0.25) is 4.79 Å². The van der Waals surface area contributed by atoms with Crippen molar-refractivity contribution in [2.45, 2.75) is 13.3 Å². The van der Waals surface area contributed by atoms with E-state index in [2.05, 4.69) is 64.3 Å². The number of halogens is 1. The normalized spacial score (nSPS) is 11.9. The Morgan fingerprint density at radius 1 is 1.17 bits per heavy atom. The van der Waals surface area contributed by atoms with Crippen molar-refractivity contribution in [2.75, 3.05) is 5.32 Å². The lowest BCUT2D eigenvalue weighted by atomic mass is 10.1. The van der Waals surface area contributed by atoms with Crippen LogP contribution < -0.4 is 5.32 Å². The maximum Gasteiger partial charge on any atom is 0.221 e. The maximum absolute atomic E-state index is 11.3. The zero-order valence-corrected chi connectivity index (χ0v) is 12.1. The highest BCUT2D eigenvalue weighted by molar-refractivity contribution is 14.1. The fourth-order valence-corrected chi connectivity index (χ4v) is 3.13. The van der Waals surface area contributed by atoms with Gasteiger partial charge in [-0.25, -0.2) is 0 Å². The van der Waals surface area contributed by atoms with E-state index in [1.807, 2.05) is 0 Å². The molecule has 0 aromatic heterocycles. The van der Waals surface area contributed by atoms with Crippen LogP contribution in [0.2, 0.25) is 0 Å². The molecule has 2 aromatic carbocycles. The van der Waals surface area contributed by atoms with E-state index in [1.165, 1.54) is 22.3 Å². The first-order valence-electron chi connectivity index (χ1n) is 5.84. The van der Waals surface area contributed by atoms with Crippen molar-refractivity contribution in [3.8, 4) is 11.1 Å². The molecule has 0 spiro atoms. The molecule has 1 amide bonds. The number of hydrogen-bond acceptors (Lipinski definition) is 1. The molecule has 0 aliphatic heterocycles. The van der Waals surface area contributed by atoms with E-state index in [-0.39, 0.29) is 5.91 Å². The van der Waals surface area contributed by atoms with Gasteiger partial charge in [0.1, 0.15) is 0 Å². The Hall–Kier alpha value is -1.36. The first-order chi connectivity index (χ1) is 8.66. The molecular formula is C15H12INO. The van der Waals surface area contributed by atoms with Crippen molar-refractivity contribution in [3.63, 3.8) is 0 Å². The van der Waals surface area contributed by atoms with Gasteiger partial charge in [0, 0.05) is 16.9 Å². The molecule has 18 heavy (non-hydrogen) atoms. The van der Waals surface area contributed by atoms with Gasteiger partial charge >= 0.3 is 0 Å². The third-order valence-corrected chi connectivity index (χ3v) is 4.14. The maximum atomic E-state index is 11.3. The summed E-state index contributed by atoms with van der Waals surface area (Å²) in [7, 11) is 0. The largest absolute Gasteiger partial charge is 0.325 e. The Labute approximate surface area is 120 Å². The first-order valence-corrected chi connectivity index (χ1v) is 6.92. The summed E-state index contributed by atoms with van der Waals surface area (Å²) in [6, 6.07) is 12.6. The van der Waals surface area contributed by atoms with Gasteiger partial charge in [0.15, 0.2) is 0 Å². The van der Waals surface area contributed by atoms with Gasteiger partial charge < -0.3 is 5.32 Å². The Balaban J connectivity index is 2.19. The lowest BCUT2D eigenvalue weighted by Gasteiger charge is -2.11. The monoisotopic (exact) mass is 349 g/mol. The molecule has 0 unspecified atom stereocenters. The average molecular weight is 349 g/mol. The number of carbonyl (C=O) groups is 1. The Morgan fingerprint density at radius 3 is 2.72 bits per heavy atom. The summed E-state index contributed by atoms with van der Waals surface area (Å²) in [6.07, 6.45) is 0.901. The minimum absolute atomic E-state index is 0.0164. The van der Waals surface area contributed by atoms with Crippen LogP contribution in [0.3, 0.4) is 0 Å². The summed E-state index contributed by atoms with van der Waals surface area (Å²) >= 11 is 2.27. The summed E-state index contributed by atoms with van der Waals surface area (Å²) in [6.45, 7) is 1.55. The molecule has 0 fully saturated rings. The standard InChI is InChI=1S/C15H12INO/c1-9(18)17-15-13-8-10-4-2-3-5-11(10)12(13)6-7-14(15)16/h2-7H,8H2,1H3,(H,17,18). The highest BCUT2D eigenvalue weighted by Crippen LogP contribution is 2.41. The van der Waals surface area contributed by atoms with Crippen molar-refractivity contribution < 1.29 is 4.79 Å². The first kappa shape index (κ1) is 11.7. The summed E-state index contributed by atoms with van der Waals surface area (Å²) in [5.41, 5.74) is 6.07. The highest BCUT2D eigenvalue weighted by atomic mass is 127. The molecule has 1 aliphatic rings. The fourth-order valence-electron chi connectivity index (χ4n) is 2.49. The molecular weight excluding hydrogens is 337 g/mol. The molecule has 90 valence electrons. The third-order valence-electron chi connectivity index (χ3n) is 3.24. The molecule has 0 saturated carbocycles. The zero-order chi connectivity index (χ0) is 12.7. The van der Waals surface area contributed by atoms with Crippen LogP contribution in [0.4, 0.5) is 5.69 Å². The molecule has 0 radical (unpaired) electrons. The molecule has 0 atom stereocenters. The molecule has 3 heteroatoms. The van der Waals surface area contributed by atoms with Crippen LogP contribution in [-0.2, 0) is 11.2 Å². The molecule has 2 aromatic rings. The fraction of sp³-hybridized carbons (Fsp3) is 0.133. The predicted octanol–water partition coefficient (Wildman–Crippen LogP) is 3.82. The van der Waals surface area contributed by atoms with Crippen LogP contribution in [0.1, 0.15) is 18.1 Å².